The molecule has 3 aromatic rings. The van der Waals surface area contributed by atoms with Crippen LogP contribution >= 0.6 is 0 Å². The van der Waals surface area contributed by atoms with Crippen LogP contribution in [0.2, 0.25) is 0 Å². The quantitative estimate of drug-likeness (QED) is 0.453. The largest absolute Gasteiger partial charge is 0.344 e. The van der Waals surface area contributed by atoms with Gasteiger partial charge >= 0.3 is 5.97 Å². The van der Waals surface area contributed by atoms with Crippen LogP contribution in [0.25, 0.3) is 0 Å². The van der Waals surface area contributed by atoms with Crippen LogP contribution in [0.3, 0.4) is 0 Å². The van der Waals surface area contributed by atoms with Gasteiger partial charge < -0.3 is 10.2 Å². The van der Waals surface area contributed by atoms with Crippen LogP contribution in [0.4, 0.5) is 5.69 Å². The van der Waals surface area contributed by atoms with E-state index in [2.05, 4.69) is 10.5 Å². The van der Waals surface area contributed by atoms with E-state index in [0.717, 1.165) is 0 Å². The molecule has 0 fully saturated rings. The van der Waals surface area contributed by atoms with Gasteiger partial charge in [0.05, 0.1) is 0 Å². The van der Waals surface area contributed by atoms with Crippen molar-refractivity contribution in [3.63, 3.8) is 0 Å². The molecule has 6 nitrogen and oxygen atoms in total. The van der Waals surface area contributed by atoms with Crippen molar-refractivity contribution < 1.29 is 19.2 Å². The predicted octanol–water partition coefficient (Wildman–Crippen LogP) is 4.19. The molecule has 32 heavy (non-hydrogen) atoms. The Morgan fingerprint density at radius 3 is 2.03 bits per heavy atom. The molecule has 0 unspecified atom stereocenters. The van der Waals surface area contributed by atoms with Crippen molar-refractivity contribution in [2.75, 3.05) is 5.32 Å². The van der Waals surface area contributed by atoms with Gasteiger partial charge in [0.2, 0.25) is 5.91 Å². The molecule has 160 valence electrons. The second-order valence-corrected chi connectivity index (χ2v) is 7.61. The lowest BCUT2D eigenvalue weighted by atomic mass is 9.72. The first-order valence-corrected chi connectivity index (χ1v) is 10.3. The standard InChI is InChI=1S/C26H22N2O4/c1-17(29)21(25(30)27-20-15-9-4-10-16-20)22(18-11-5-2-6-12-18)23-24(28-32-26(23)31)19-13-7-3-8-14-19/h2-16,21-23H,1H3,(H,27,30)/t21-,22+,23+/m0/s1. The van der Waals surface area contributed by atoms with Gasteiger partial charge in [-0.15, -0.1) is 0 Å². The van der Waals surface area contributed by atoms with E-state index in [4.69, 9.17) is 4.84 Å². The highest BCUT2D eigenvalue weighted by molar-refractivity contribution is 6.16. The third kappa shape index (κ3) is 4.34. The number of rotatable bonds is 7. The van der Waals surface area contributed by atoms with Gasteiger partial charge in [-0.3, -0.25) is 9.59 Å². The Morgan fingerprint density at radius 2 is 1.44 bits per heavy atom. The molecule has 1 N–H and O–H groups in total. The average Bonchev–Trinajstić information content (AvgIpc) is 3.19. The number of ketones is 1. The first-order valence-electron chi connectivity index (χ1n) is 10.3. The lowest BCUT2D eigenvalue weighted by molar-refractivity contribution is -0.144. The Balaban J connectivity index is 1.79. The number of oxime groups is 1. The summed E-state index contributed by atoms with van der Waals surface area (Å²) in [5, 5.41) is 6.84. The first kappa shape index (κ1) is 21.2. The maximum absolute atomic E-state index is 13.4. The summed E-state index contributed by atoms with van der Waals surface area (Å²) >= 11 is 0. The fraction of sp³-hybridized carbons (Fsp3) is 0.154. The molecule has 0 aromatic heterocycles. The third-order valence-electron chi connectivity index (χ3n) is 5.52. The van der Waals surface area contributed by atoms with E-state index < -0.39 is 29.6 Å². The maximum atomic E-state index is 13.4. The van der Waals surface area contributed by atoms with Crippen molar-refractivity contribution in [1.29, 1.82) is 0 Å². The van der Waals surface area contributed by atoms with Crippen LogP contribution in [0, 0.1) is 11.8 Å². The number of carbonyl (C=O) groups is 3. The number of amides is 1. The van der Waals surface area contributed by atoms with E-state index >= 15 is 0 Å². The Hall–Kier alpha value is -4.06. The molecule has 0 radical (unpaired) electrons. The Labute approximate surface area is 185 Å². The Bertz CT molecular complexity index is 1140. The van der Waals surface area contributed by atoms with E-state index in [1.807, 2.05) is 66.7 Å². The number of nitrogens with zero attached hydrogens (tertiary/aromatic N) is 1. The number of nitrogens with one attached hydrogen (secondary N) is 1. The monoisotopic (exact) mass is 426 g/mol. The number of benzene rings is 3. The van der Waals surface area contributed by atoms with Crippen LogP contribution in [0.1, 0.15) is 24.0 Å². The summed E-state index contributed by atoms with van der Waals surface area (Å²) in [6, 6.07) is 27.2. The van der Waals surface area contributed by atoms with Gasteiger partial charge in [-0.1, -0.05) is 84.0 Å². The van der Waals surface area contributed by atoms with E-state index in [9.17, 15) is 14.4 Å². The minimum absolute atomic E-state index is 0.348. The maximum Gasteiger partial charge on any atom is 0.344 e. The topological polar surface area (TPSA) is 84.8 Å². The number of hydrogen-bond acceptors (Lipinski definition) is 5. The predicted molar refractivity (Wildman–Crippen MR) is 121 cm³/mol. The summed E-state index contributed by atoms with van der Waals surface area (Å²) in [6.07, 6.45) is 0. The molecule has 1 heterocycles. The number of hydrogen-bond donors (Lipinski definition) is 1. The van der Waals surface area contributed by atoms with Gasteiger partial charge in [0.25, 0.3) is 0 Å². The van der Waals surface area contributed by atoms with Gasteiger partial charge in [0.15, 0.2) is 0 Å². The van der Waals surface area contributed by atoms with Crippen LogP contribution in [-0.4, -0.2) is 23.4 Å². The van der Waals surface area contributed by atoms with Crippen LogP contribution < -0.4 is 5.32 Å². The molecule has 1 amide bonds. The van der Waals surface area contributed by atoms with Crippen LogP contribution in [0.5, 0.6) is 0 Å². The summed E-state index contributed by atoms with van der Waals surface area (Å²) in [6.45, 7) is 1.37. The number of anilines is 1. The van der Waals surface area contributed by atoms with Crippen molar-refractivity contribution in [3.05, 3.63) is 102 Å². The van der Waals surface area contributed by atoms with Gasteiger partial charge in [-0.25, -0.2) is 4.79 Å². The zero-order valence-electron chi connectivity index (χ0n) is 17.5. The highest BCUT2D eigenvalue weighted by Crippen LogP contribution is 2.39. The number of Topliss-reactive ketones (excluding diaryl/α,β-unsaturated/α-hetero) is 1. The van der Waals surface area contributed by atoms with Crippen molar-refractivity contribution >= 4 is 29.1 Å². The average molecular weight is 426 g/mol. The molecule has 3 atom stereocenters. The lowest BCUT2D eigenvalue weighted by Crippen LogP contribution is -2.40. The van der Waals surface area contributed by atoms with Crippen molar-refractivity contribution in [2.45, 2.75) is 12.8 Å². The second-order valence-electron chi connectivity index (χ2n) is 7.61. The molecule has 0 saturated carbocycles. The fourth-order valence-electron chi connectivity index (χ4n) is 4.07. The van der Waals surface area contributed by atoms with E-state index in [1.165, 1.54) is 6.92 Å². The highest BCUT2D eigenvalue weighted by Gasteiger charge is 2.47. The molecule has 0 saturated heterocycles. The SMILES string of the molecule is CC(=O)[C@H](C(=O)Nc1ccccc1)[C@@H](c1ccccc1)[C@H]1C(=O)ON=C1c1ccccc1. The molecule has 0 aliphatic carbocycles. The normalized spacial score (nSPS) is 17.1. The summed E-state index contributed by atoms with van der Waals surface area (Å²) < 4.78 is 0. The van der Waals surface area contributed by atoms with Crippen molar-refractivity contribution in [3.8, 4) is 0 Å². The van der Waals surface area contributed by atoms with Gasteiger partial charge in [0.1, 0.15) is 23.3 Å². The summed E-state index contributed by atoms with van der Waals surface area (Å²) in [7, 11) is 0. The molecule has 0 spiro atoms. The zero-order chi connectivity index (χ0) is 22.5. The minimum Gasteiger partial charge on any atom is -0.325 e. The second kappa shape index (κ2) is 9.39. The van der Waals surface area contributed by atoms with Crippen molar-refractivity contribution in [2.24, 2.45) is 17.0 Å². The summed E-state index contributed by atoms with van der Waals surface area (Å²) in [4.78, 5) is 44.2. The van der Waals surface area contributed by atoms with E-state index in [-0.39, 0.29) is 5.78 Å². The molecule has 3 aromatic carbocycles. The van der Waals surface area contributed by atoms with Gasteiger partial charge in [0, 0.05) is 17.2 Å². The molecule has 0 bridgehead atoms. The molecule has 6 heteroatoms. The fourth-order valence-corrected chi connectivity index (χ4v) is 4.07. The molecule has 1 aliphatic rings. The van der Waals surface area contributed by atoms with Crippen LogP contribution in [0.15, 0.2) is 96.2 Å². The smallest absolute Gasteiger partial charge is 0.325 e. The zero-order valence-corrected chi connectivity index (χ0v) is 17.5. The number of para-hydroxylation sites is 1. The highest BCUT2D eigenvalue weighted by atomic mass is 16.7. The summed E-state index contributed by atoms with van der Waals surface area (Å²) in [5.74, 6) is -4.23. The van der Waals surface area contributed by atoms with Crippen molar-refractivity contribution in [1.82, 2.24) is 0 Å². The van der Waals surface area contributed by atoms with Gasteiger partial charge in [-0.2, -0.15) is 0 Å². The molecular weight excluding hydrogens is 404 g/mol. The third-order valence-corrected chi connectivity index (χ3v) is 5.52. The molecule has 1 aliphatic heterocycles. The lowest BCUT2D eigenvalue weighted by Gasteiger charge is -2.28. The first-order chi connectivity index (χ1) is 15.6. The Morgan fingerprint density at radius 1 is 0.875 bits per heavy atom. The molecule has 4 rings (SSSR count). The number of carbonyl (C=O) groups excluding carboxylic acids is 3. The molecular formula is C26H22N2O4. The Kier molecular flexibility index (Phi) is 6.22. The summed E-state index contributed by atoms with van der Waals surface area (Å²) in [5.41, 5.74) is 2.36. The van der Waals surface area contributed by atoms with E-state index in [0.29, 0.717) is 22.5 Å². The van der Waals surface area contributed by atoms with Crippen LogP contribution in [-0.2, 0) is 19.2 Å². The van der Waals surface area contributed by atoms with E-state index in [1.54, 1.807) is 24.3 Å². The van der Waals surface area contributed by atoms with Gasteiger partial charge in [-0.05, 0) is 24.6 Å². The minimum atomic E-state index is -1.12.